The van der Waals surface area contributed by atoms with Crippen LogP contribution in [0.4, 0.5) is 5.69 Å². The largest absolute Gasteiger partial charge is 0.396 e. The molecule has 0 unspecified atom stereocenters. The van der Waals surface area contributed by atoms with Gasteiger partial charge in [0, 0.05) is 18.7 Å². The Hall–Kier alpha value is -0.970. The monoisotopic (exact) mass is 318 g/mol. The molecule has 0 fully saturated rings. The quantitative estimate of drug-likeness (QED) is 0.598. The Morgan fingerprint density at radius 1 is 1.30 bits per heavy atom. The van der Waals surface area contributed by atoms with Crippen LogP contribution in [-0.4, -0.2) is 25.7 Å². The molecule has 0 atom stereocenters. The van der Waals surface area contributed by atoms with E-state index in [2.05, 4.69) is 19.2 Å². The number of carbonyl (C=O) groups excluding carboxylic acids is 1. The molecule has 0 saturated heterocycles. The van der Waals surface area contributed by atoms with Crippen molar-refractivity contribution >= 4 is 34.8 Å². The van der Waals surface area contributed by atoms with E-state index in [9.17, 15) is 4.79 Å². The van der Waals surface area contributed by atoms with Gasteiger partial charge in [-0.25, -0.2) is 0 Å². The van der Waals surface area contributed by atoms with Crippen LogP contribution < -0.4 is 11.1 Å². The minimum Gasteiger partial charge on any atom is -0.396 e. The van der Waals surface area contributed by atoms with E-state index in [-0.39, 0.29) is 21.6 Å². The second kappa shape index (κ2) is 8.35. The Morgan fingerprint density at radius 3 is 2.45 bits per heavy atom. The van der Waals surface area contributed by atoms with Gasteiger partial charge >= 0.3 is 0 Å². The Balaban J connectivity index is 2.36. The highest BCUT2D eigenvalue weighted by molar-refractivity contribution is 6.39. The maximum absolute atomic E-state index is 11.9. The lowest BCUT2D eigenvalue weighted by Crippen LogP contribution is -2.27. The summed E-state index contributed by atoms with van der Waals surface area (Å²) in [5.41, 5.74) is 6.28. The van der Waals surface area contributed by atoms with Gasteiger partial charge in [-0.2, -0.15) is 0 Å². The summed E-state index contributed by atoms with van der Waals surface area (Å²) in [5, 5.41) is 3.29. The van der Waals surface area contributed by atoms with E-state index in [1.54, 1.807) is 0 Å². The summed E-state index contributed by atoms with van der Waals surface area (Å²) >= 11 is 11.8. The van der Waals surface area contributed by atoms with Crippen LogP contribution in [0.2, 0.25) is 10.0 Å². The van der Waals surface area contributed by atoms with Crippen molar-refractivity contribution in [1.29, 1.82) is 0 Å². The molecule has 0 aliphatic rings. The fourth-order valence-corrected chi connectivity index (χ4v) is 1.96. The summed E-state index contributed by atoms with van der Waals surface area (Å²) in [6.45, 7) is 5.90. The molecule has 0 spiro atoms. The van der Waals surface area contributed by atoms with Crippen molar-refractivity contribution in [1.82, 2.24) is 5.32 Å². The van der Waals surface area contributed by atoms with Crippen molar-refractivity contribution in [2.75, 3.05) is 25.5 Å². The number of benzene rings is 1. The molecular weight excluding hydrogens is 299 g/mol. The summed E-state index contributed by atoms with van der Waals surface area (Å²) in [4.78, 5) is 11.9. The van der Waals surface area contributed by atoms with Crippen molar-refractivity contribution in [2.24, 2.45) is 5.92 Å². The molecule has 0 saturated carbocycles. The van der Waals surface area contributed by atoms with Crippen molar-refractivity contribution in [3.05, 3.63) is 27.7 Å². The third kappa shape index (κ3) is 5.57. The maximum Gasteiger partial charge on any atom is 0.251 e. The molecule has 0 radical (unpaired) electrons. The van der Waals surface area contributed by atoms with Crippen LogP contribution in [0.1, 0.15) is 30.6 Å². The molecule has 0 aliphatic carbocycles. The van der Waals surface area contributed by atoms with Gasteiger partial charge in [0.15, 0.2) is 0 Å². The Kier molecular flexibility index (Phi) is 7.13. The molecule has 20 heavy (non-hydrogen) atoms. The van der Waals surface area contributed by atoms with Gasteiger partial charge in [-0.3, -0.25) is 4.79 Å². The number of anilines is 1. The van der Waals surface area contributed by atoms with E-state index < -0.39 is 0 Å². The summed E-state index contributed by atoms with van der Waals surface area (Å²) in [5.74, 6) is 0.366. The zero-order valence-electron chi connectivity index (χ0n) is 11.7. The fourth-order valence-electron chi connectivity index (χ4n) is 1.48. The van der Waals surface area contributed by atoms with Crippen LogP contribution in [0, 0.1) is 5.92 Å². The van der Waals surface area contributed by atoms with Crippen LogP contribution in [0.5, 0.6) is 0 Å². The first kappa shape index (κ1) is 17.1. The lowest BCUT2D eigenvalue weighted by atomic mass is 10.1. The fraction of sp³-hybridized carbons (Fsp3) is 0.500. The van der Waals surface area contributed by atoms with Gasteiger partial charge in [-0.1, -0.05) is 37.0 Å². The Labute approximate surface area is 129 Å². The molecule has 1 rings (SSSR count). The number of rotatable bonds is 7. The van der Waals surface area contributed by atoms with Crippen LogP contribution in [0.3, 0.4) is 0 Å². The number of nitrogen functional groups attached to an aromatic ring is 1. The van der Waals surface area contributed by atoms with Crippen molar-refractivity contribution < 1.29 is 9.53 Å². The number of halogens is 2. The van der Waals surface area contributed by atoms with E-state index in [1.165, 1.54) is 12.1 Å². The van der Waals surface area contributed by atoms with Gasteiger partial charge in [0.25, 0.3) is 5.91 Å². The van der Waals surface area contributed by atoms with Gasteiger partial charge in [0.1, 0.15) is 0 Å². The predicted octanol–water partition coefficient (Wildman–Crippen LogP) is 3.37. The molecule has 0 aromatic heterocycles. The van der Waals surface area contributed by atoms with E-state index in [1.807, 2.05) is 0 Å². The first-order valence-corrected chi connectivity index (χ1v) is 7.28. The maximum atomic E-state index is 11.9. The average molecular weight is 319 g/mol. The highest BCUT2D eigenvalue weighted by atomic mass is 35.5. The zero-order chi connectivity index (χ0) is 15.1. The topological polar surface area (TPSA) is 64.3 Å². The van der Waals surface area contributed by atoms with Gasteiger partial charge in [-0.15, -0.1) is 0 Å². The molecule has 1 amide bonds. The summed E-state index contributed by atoms with van der Waals surface area (Å²) in [6, 6.07) is 3.00. The Bertz CT molecular complexity index is 441. The summed E-state index contributed by atoms with van der Waals surface area (Å²) < 4.78 is 5.41. The van der Waals surface area contributed by atoms with Crippen molar-refractivity contribution in [3.8, 4) is 0 Å². The Morgan fingerprint density at radius 2 is 1.90 bits per heavy atom. The smallest absolute Gasteiger partial charge is 0.251 e. The molecule has 0 heterocycles. The minimum absolute atomic E-state index is 0.249. The molecule has 1 aromatic rings. The van der Waals surface area contributed by atoms with Crippen LogP contribution in [0.15, 0.2) is 12.1 Å². The van der Waals surface area contributed by atoms with Crippen LogP contribution in [0.25, 0.3) is 0 Å². The molecule has 4 nitrogen and oxygen atoms in total. The van der Waals surface area contributed by atoms with Gasteiger partial charge in [-0.05, 0) is 24.5 Å². The molecule has 1 aromatic carbocycles. The van der Waals surface area contributed by atoms with E-state index in [0.717, 1.165) is 6.42 Å². The second-order valence-electron chi connectivity index (χ2n) is 4.90. The number of nitrogens with two attached hydrogens (primary N) is 1. The highest BCUT2D eigenvalue weighted by Crippen LogP contribution is 2.28. The number of nitrogens with one attached hydrogen (secondary N) is 1. The average Bonchev–Trinajstić information content (AvgIpc) is 2.38. The molecule has 3 N–H and O–H groups in total. The third-order valence-corrected chi connectivity index (χ3v) is 3.34. The number of amides is 1. The van der Waals surface area contributed by atoms with Crippen molar-refractivity contribution in [2.45, 2.75) is 20.3 Å². The lowest BCUT2D eigenvalue weighted by molar-refractivity contribution is 0.0906. The SMILES string of the molecule is CC(C)CCOCCNC(=O)c1cc(Cl)c(N)c(Cl)c1. The normalized spacial score (nSPS) is 10.8. The molecule has 112 valence electrons. The van der Waals surface area contributed by atoms with Crippen LogP contribution >= 0.6 is 23.2 Å². The van der Waals surface area contributed by atoms with Gasteiger partial charge < -0.3 is 15.8 Å². The van der Waals surface area contributed by atoms with Gasteiger partial charge in [0.05, 0.1) is 22.3 Å². The number of hydrogen-bond acceptors (Lipinski definition) is 3. The third-order valence-electron chi connectivity index (χ3n) is 2.71. The van der Waals surface area contributed by atoms with E-state index >= 15 is 0 Å². The molecule has 0 aliphatic heterocycles. The van der Waals surface area contributed by atoms with E-state index in [0.29, 0.717) is 31.2 Å². The summed E-state index contributed by atoms with van der Waals surface area (Å²) in [6.07, 6.45) is 1.01. The molecule has 6 heteroatoms. The first-order valence-electron chi connectivity index (χ1n) is 6.52. The van der Waals surface area contributed by atoms with Crippen molar-refractivity contribution in [3.63, 3.8) is 0 Å². The molecular formula is C14H20Cl2N2O2. The second-order valence-corrected chi connectivity index (χ2v) is 5.72. The number of hydrogen-bond donors (Lipinski definition) is 2. The lowest BCUT2D eigenvalue weighted by Gasteiger charge is -2.09. The molecule has 0 bridgehead atoms. The standard InChI is InChI=1S/C14H20Cl2N2O2/c1-9(2)3-5-20-6-4-18-14(19)10-7-11(15)13(17)12(16)8-10/h7-9H,3-6,17H2,1-2H3,(H,18,19). The predicted molar refractivity (Wildman–Crippen MR) is 83.5 cm³/mol. The first-order chi connectivity index (χ1) is 9.41. The number of ether oxygens (including phenoxy) is 1. The van der Waals surface area contributed by atoms with Crippen LogP contribution in [-0.2, 0) is 4.74 Å². The van der Waals surface area contributed by atoms with E-state index in [4.69, 9.17) is 33.7 Å². The minimum atomic E-state index is -0.249. The van der Waals surface area contributed by atoms with Gasteiger partial charge in [0.2, 0.25) is 0 Å². The number of carbonyl (C=O) groups is 1. The zero-order valence-corrected chi connectivity index (χ0v) is 13.2. The summed E-state index contributed by atoms with van der Waals surface area (Å²) in [7, 11) is 0. The highest BCUT2D eigenvalue weighted by Gasteiger charge is 2.10.